The van der Waals surface area contributed by atoms with Crippen LogP contribution in [0, 0.1) is 0 Å². The van der Waals surface area contributed by atoms with Gasteiger partial charge in [-0.25, -0.2) is 4.79 Å². The minimum absolute atomic E-state index is 0.104. The molecule has 142 valence electrons. The van der Waals surface area contributed by atoms with Gasteiger partial charge in [-0.2, -0.15) is 0 Å². The summed E-state index contributed by atoms with van der Waals surface area (Å²) in [6, 6.07) is 10.6. The summed E-state index contributed by atoms with van der Waals surface area (Å²) in [6.45, 7) is 5.61. The minimum Gasteiger partial charge on any atom is -0.338 e. The van der Waals surface area contributed by atoms with Gasteiger partial charge in [0, 0.05) is 39.3 Å². The van der Waals surface area contributed by atoms with Crippen molar-refractivity contribution >= 4 is 6.03 Å². The molecule has 1 aliphatic carbocycles. The lowest BCUT2D eigenvalue weighted by Crippen LogP contribution is -2.52. The molecule has 4 heteroatoms. The smallest absolute Gasteiger partial charge is 0.317 e. The Morgan fingerprint density at radius 1 is 1.00 bits per heavy atom. The molecule has 0 saturated carbocycles. The molecule has 3 rings (SSSR count). The van der Waals surface area contributed by atoms with E-state index >= 15 is 0 Å². The zero-order valence-corrected chi connectivity index (χ0v) is 16.0. The van der Waals surface area contributed by atoms with Crippen LogP contribution in [-0.4, -0.2) is 55.1 Å². The predicted molar refractivity (Wildman–Crippen MR) is 107 cm³/mol. The van der Waals surface area contributed by atoms with E-state index in [0.717, 1.165) is 52.1 Å². The van der Waals surface area contributed by atoms with Crippen molar-refractivity contribution in [2.24, 2.45) is 0 Å². The molecule has 1 aliphatic heterocycles. The molecule has 0 spiro atoms. The lowest BCUT2D eigenvalue weighted by atomic mass is 9.97. The summed E-state index contributed by atoms with van der Waals surface area (Å²) >= 11 is 0. The number of urea groups is 1. The molecular formula is C22H33N3O. The molecule has 2 aliphatic rings. The highest BCUT2D eigenvalue weighted by Gasteiger charge is 2.20. The van der Waals surface area contributed by atoms with E-state index in [1.807, 2.05) is 11.0 Å². The van der Waals surface area contributed by atoms with E-state index in [9.17, 15) is 4.79 Å². The Balaban J connectivity index is 1.27. The number of allylic oxidation sites excluding steroid dienone is 1. The number of carbonyl (C=O) groups is 1. The van der Waals surface area contributed by atoms with Gasteiger partial charge in [0.1, 0.15) is 0 Å². The van der Waals surface area contributed by atoms with Gasteiger partial charge in [-0.05, 0) is 50.5 Å². The lowest BCUT2D eigenvalue weighted by molar-refractivity contribution is 0.140. The zero-order chi connectivity index (χ0) is 18.0. The van der Waals surface area contributed by atoms with Crippen LogP contribution < -0.4 is 5.32 Å². The average molecular weight is 356 g/mol. The Morgan fingerprint density at radius 2 is 1.81 bits per heavy atom. The predicted octanol–water partition coefficient (Wildman–Crippen LogP) is 3.84. The fourth-order valence-corrected chi connectivity index (χ4v) is 3.85. The Bertz CT molecular complexity index is 576. The standard InChI is InChI=1S/C22H33N3O/c26-22(23-14-7-12-20-8-3-1-4-9-20)25-18-16-24(17-19-25)15-13-21-10-5-2-6-11-21/h1,3-4,8-10H,2,5-7,11-19H2,(H,23,26). The number of piperazine rings is 1. The van der Waals surface area contributed by atoms with E-state index in [2.05, 4.69) is 40.6 Å². The van der Waals surface area contributed by atoms with Crippen molar-refractivity contribution in [2.75, 3.05) is 39.3 Å². The van der Waals surface area contributed by atoms with E-state index < -0.39 is 0 Å². The van der Waals surface area contributed by atoms with Crippen molar-refractivity contribution in [3.63, 3.8) is 0 Å². The van der Waals surface area contributed by atoms with Crippen LogP contribution in [0.25, 0.3) is 0 Å². The number of rotatable bonds is 7. The number of aryl methyl sites for hydroxylation is 1. The van der Waals surface area contributed by atoms with Crippen LogP contribution in [0.4, 0.5) is 4.79 Å². The molecule has 0 radical (unpaired) electrons. The van der Waals surface area contributed by atoms with Gasteiger partial charge in [-0.1, -0.05) is 42.0 Å². The number of amides is 2. The fraction of sp³-hybridized carbons (Fsp3) is 0.591. The quantitative estimate of drug-likeness (QED) is 0.596. The average Bonchev–Trinajstić information content (AvgIpc) is 2.71. The number of hydrogen-bond acceptors (Lipinski definition) is 2. The number of carbonyl (C=O) groups excluding carboxylic acids is 1. The van der Waals surface area contributed by atoms with Crippen LogP contribution in [0.3, 0.4) is 0 Å². The van der Waals surface area contributed by atoms with Crippen molar-refractivity contribution in [2.45, 2.75) is 44.9 Å². The lowest BCUT2D eigenvalue weighted by Gasteiger charge is -2.35. The third kappa shape index (κ3) is 6.17. The Kier molecular flexibility index (Phi) is 7.56. The van der Waals surface area contributed by atoms with Gasteiger partial charge < -0.3 is 10.2 Å². The molecule has 1 fully saturated rings. The summed E-state index contributed by atoms with van der Waals surface area (Å²) in [5.41, 5.74) is 2.98. The maximum absolute atomic E-state index is 12.3. The van der Waals surface area contributed by atoms with E-state index in [1.54, 1.807) is 5.57 Å². The van der Waals surface area contributed by atoms with Gasteiger partial charge >= 0.3 is 6.03 Å². The SMILES string of the molecule is O=C(NCCCc1ccccc1)N1CCN(CCC2=CCCCC2)CC1. The van der Waals surface area contributed by atoms with Crippen LogP contribution in [0.1, 0.15) is 44.1 Å². The Morgan fingerprint density at radius 3 is 2.54 bits per heavy atom. The van der Waals surface area contributed by atoms with Crippen LogP contribution in [0.2, 0.25) is 0 Å². The Hall–Kier alpha value is -1.81. The minimum atomic E-state index is 0.104. The summed E-state index contributed by atoms with van der Waals surface area (Å²) < 4.78 is 0. The molecular weight excluding hydrogens is 322 g/mol. The van der Waals surface area contributed by atoms with Crippen LogP contribution in [0.5, 0.6) is 0 Å². The molecule has 0 unspecified atom stereocenters. The second kappa shape index (κ2) is 10.4. The van der Waals surface area contributed by atoms with Crippen LogP contribution in [0.15, 0.2) is 42.0 Å². The van der Waals surface area contributed by atoms with Crippen molar-refractivity contribution in [3.8, 4) is 0 Å². The number of nitrogens with zero attached hydrogens (tertiary/aromatic N) is 2. The Labute approximate surface area is 158 Å². The second-order valence-corrected chi connectivity index (χ2v) is 7.51. The first-order valence-electron chi connectivity index (χ1n) is 10.3. The van der Waals surface area contributed by atoms with Crippen molar-refractivity contribution < 1.29 is 4.79 Å². The molecule has 0 bridgehead atoms. The van der Waals surface area contributed by atoms with Gasteiger partial charge in [0.2, 0.25) is 0 Å². The third-order valence-electron chi connectivity index (χ3n) is 5.55. The van der Waals surface area contributed by atoms with E-state index in [-0.39, 0.29) is 6.03 Å². The molecule has 4 nitrogen and oxygen atoms in total. The fourth-order valence-electron chi connectivity index (χ4n) is 3.85. The highest BCUT2D eigenvalue weighted by molar-refractivity contribution is 5.74. The first-order valence-corrected chi connectivity index (χ1v) is 10.3. The van der Waals surface area contributed by atoms with Crippen molar-refractivity contribution in [1.29, 1.82) is 0 Å². The summed E-state index contributed by atoms with van der Waals surface area (Å²) in [6.07, 6.45) is 11.0. The second-order valence-electron chi connectivity index (χ2n) is 7.51. The maximum Gasteiger partial charge on any atom is 0.317 e. The van der Waals surface area contributed by atoms with E-state index in [1.165, 1.54) is 37.7 Å². The maximum atomic E-state index is 12.3. The molecule has 26 heavy (non-hydrogen) atoms. The zero-order valence-electron chi connectivity index (χ0n) is 16.0. The van der Waals surface area contributed by atoms with Gasteiger partial charge in [-0.15, -0.1) is 0 Å². The van der Waals surface area contributed by atoms with Crippen LogP contribution in [-0.2, 0) is 6.42 Å². The molecule has 1 aromatic carbocycles. The largest absolute Gasteiger partial charge is 0.338 e. The molecule has 1 aromatic rings. The molecule has 1 saturated heterocycles. The first-order chi connectivity index (χ1) is 12.8. The number of hydrogen-bond donors (Lipinski definition) is 1. The van der Waals surface area contributed by atoms with Crippen molar-refractivity contribution in [1.82, 2.24) is 15.1 Å². The topological polar surface area (TPSA) is 35.6 Å². The highest BCUT2D eigenvalue weighted by atomic mass is 16.2. The summed E-state index contributed by atoms with van der Waals surface area (Å²) in [4.78, 5) is 16.8. The van der Waals surface area contributed by atoms with Gasteiger partial charge in [0.25, 0.3) is 0 Å². The number of nitrogens with one attached hydrogen (secondary N) is 1. The highest BCUT2D eigenvalue weighted by Crippen LogP contribution is 2.20. The van der Waals surface area contributed by atoms with Gasteiger partial charge in [-0.3, -0.25) is 4.90 Å². The molecule has 0 atom stereocenters. The normalized spacial score (nSPS) is 18.5. The summed E-state index contributed by atoms with van der Waals surface area (Å²) in [7, 11) is 0. The van der Waals surface area contributed by atoms with Gasteiger partial charge in [0.15, 0.2) is 0 Å². The first kappa shape index (κ1) is 19.0. The van der Waals surface area contributed by atoms with Crippen LogP contribution >= 0.6 is 0 Å². The van der Waals surface area contributed by atoms with Gasteiger partial charge in [0.05, 0.1) is 0 Å². The molecule has 1 N–H and O–H groups in total. The van der Waals surface area contributed by atoms with E-state index in [4.69, 9.17) is 0 Å². The van der Waals surface area contributed by atoms with E-state index in [0.29, 0.717) is 0 Å². The molecule has 0 aromatic heterocycles. The van der Waals surface area contributed by atoms with Crippen molar-refractivity contribution in [3.05, 3.63) is 47.5 Å². The third-order valence-corrected chi connectivity index (χ3v) is 5.55. The summed E-state index contributed by atoms with van der Waals surface area (Å²) in [5.74, 6) is 0. The monoisotopic (exact) mass is 355 g/mol. The number of benzene rings is 1. The molecule has 2 amide bonds. The molecule has 1 heterocycles. The summed E-state index contributed by atoms with van der Waals surface area (Å²) in [5, 5.41) is 3.08.